The van der Waals surface area contributed by atoms with Gasteiger partial charge >= 0.3 is 5.96 Å². The van der Waals surface area contributed by atoms with Gasteiger partial charge in [0.15, 0.2) is 0 Å². The Bertz CT molecular complexity index is 694. The maximum absolute atomic E-state index is 6.23. The minimum atomic E-state index is 0.580. The first-order valence-corrected chi connectivity index (χ1v) is 8.61. The summed E-state index contributed by atoms with van der Waals surface area (Å²) < 4.78 is 2.20. The fourth-order valence-corrected chi connectivity index (χ4v) is 3.30. The summed E-state index contributed by atoms with van der Waals surface area (Å²) in [5.41, 5.74) is 9.54. The molecule has 1 aromatic heterocycles. The third-order valence-electron chi connectivity index (χ3n) is 4.54. The first-order valence-electron chi connectivity index (χ1n) is 8.61. The second kappa shape index (κ2) is 7.43. The molecular weight excluding hydrogens is 298 g/mol. The summed E-state index contributed by atoms with van der Waals surface area (Å²) in [5.74, 6) is 1.96. The van der Waals surface area contributed by atoms with E-state index in [0.29, 0.717) is 11.9 Å². The number of rotatable bonds is 3. The van der Waals surface area contributed by atoms with Crippen molar-refractivity contribution in [2.75, 3.05) is 18.4 Å². The van der Waals surface area contributed by atoms with E-state index >= 15 is 0 Å². The van der Waals surface area contributed by atoms with Gasteiger partial charge < -0.3 is 0 Å². The van der Waals surface area contributed by atoms with E-state index in [2.05, 4.69) is 50.2 Å². The van der Waals surface area contributed by atoms with Crippen LogP contribution in [0, 0.1) is 19.8 Å². The predicted octanol–water partition coefficient (Wildman–Crippen LogP) is 2.49. The summed E-state index contributed by atoms with van der Waals surface area (Å²) in [6, 6.07) is 12.7. The molecule has 2 heterocycles. The molecule has 0 spiro atoms. The highest BCUT2D eigenvalue weighted by atomic mass is 15.2. The van der Waals surface area contributed by atoms with Gasteiger partial charge in [0, 0.05) is 11.4 Å². The second-order valence-corrected chi connectivity index (χ2v) is 6.60. The van der Waals surface area contributed by atoms with E-state index in [0.717, 1.165) is 49.7 Å². The minimum absolute atomic E-state index is 0.580. The Kier molecular flexibility index (Phi) is 5.08. The van der Waals surface area contributed by atoms with Crippen LogP contribution in [-0.4, -0.2) is 33.6 Å². The van der Waals surface area contributed by atoms with Gasteiger partial charge in [-0.15, -0.1) is 0 Å². The van der Waals surface area contributed by atoms with Crippen LogP contribution in [0.5, 0.6) is 0 Å². The van der Waals surface area contributed by atoms with Crippen LogP contribution in [0.25, 0.3) is 0 Å². The molecule has 126 valence electrons. The van der Waals surface area contributed by atoms with Gasteiger partial charge in [-0.25, -0.2) is 15.3 Å². The van der Waals surface area contributed by atoms with Crippen molar-refractivity contribution in [3.8, 4) is 0 Å². The monoisotopic (exact) mass is 324 g/mol. The molecule has 0 atom stereocenters. The van der Waals surface area contributed by atoms with Crippen molar-refractivity contribution < 1.29 is 4.58 Å². The number of nitrogens with zero attached hydrogens (tertiary/aromatic N) is 3. The molecule has 0 bridgehead atoms. The van der Waals surface area contributed by atoms with Crippen molar-refractivity contribution in [3.05, 3.63) is 53.3 Å². The summed E-state index contributed by atoms with van der Waals surface area (Å²) in [5, 5.41) is 3.16. The van der Waals surface area contributed by atoms with E-state index in [1.807, 2.05) is 19.9 Å². The third-order valence-corrected chi connectivity index (χ3v) is 4.54. The van der Waals surface area contributed by atoms with E-state index in [1.54, 1.807) is 0 Å². The lowest BCUT2D eigenvalue weighted by atomic mass is 9.91. The minimum Gasteiger partial charge on any atom is -0.290 e. The van der Waals surface area contributed by atoms with Crippen LogP contribution < -0.4 is 11.1 Å². The molecule has 1 aliphatic heterocycles. The molecular formula is C19H26N5+. The van der Waals surface area contributed by atoms with Crippen molar-refractivity contribution >= 4 is 11.9 Å². The van der Waals surface area contributed by atoms with Crippen molar-refractivity contribution in [2.24, 2.45) is 11.7 Å². The molecule has 0 radical (unpaired) electrons. The molecule has 1 aliphatic rings. The van der Waals surface area contributed by atoms with Crippen LogP contribution in [0.3, 0.4) is 0 Å². The first-order chi connectivity index (χ1) is 11.6. The van der Waals surface area contributed by atoms with Gasteiger partial charge in [-0.05, 0) is 50.7 Å². The number of nitrogens with one attached hydrogen (secondary N) is 1. The van der Waals surface area contributed by atoms with E-state index in [-0.39, 0.29) is 0 Å². The standard InChI is InChI=1S/C19H25N5/c1-14-12-15(2)22-19(21-14)23-18(20)24-10-8-17(9-11-24)13-16-6-4-3-5-7-16/h3-7,12,17H,8-11,13H2,1-2H3,(H2,20,21,22,23)/p+1. The van der Waals surface area contributed by atoms with Gasteiger partial charge in [0.05, 0.1) is 13.1 Å². The number of hydrogen-bond donors (Lipinski definition) is 2. The molecule has 0 unspecified atom stereocenters. The lowest BCUT2D eigenvalue weighted by Crippen LogP contribution is -2.40. The van der Waals surface area contributed by atoms with E-state index in [4.69, 9.17) is 5.73 Å². The SMILES string of the molecule is Cc1cc(C)nc(NC(N)=[N+]2CCC(Cc3ccccc3)CC2)n1. The summed E-state index contributed by atoms with van der Waals surface area (Å²) in [4.78, 5) is 8.78. The number of hydrogen-bond acceptors (Lipinski definition) is 2. The summed E-state index contributed by atoms with van der Waals surface area (Å²) in [6.07, 6.45) is 3.47. The van der Waals surface area contributed by atoms with Gasteiger partial charge in [0.1, 0.15) is 0 Å². The first kappa shape index (κ1) is 16.4. The highest BCUT2D eigenvalue weighted by Gasteiger charge is 2.21. The topological polar surface area (TPSA) is 66.8 Å². The molecule has 3 rings (SSSR count). The van der Waals surface area contributed by atoms with Crippen LogP contribution >= 0.6 is 0 Å². The Morgan fingerprint density at radius 2 is 1.75 bits per heavy atom. The lowest BCUT2D eigenvalue weighted by Gasteiger charge is -2.24. The van der Waals surface area contributed by atoms with Crippen LogP contribution in [0.1, 0.15) is 29.8 Å². The number of nitrogens with two attached hydrogens (primary N) is 1. The molecule has 0 aliphatic carbocycles. The molecule has 5 heteroatoms. The van der Waals surface area contributed by atoms with Crippen LogP contribution in [0.4, 0.5) is 5.95 Å². The van der Waals surface area contributed by atoms with Crippen LogP contribution in [-0.2, 0) is 6.42 Å². The summed E-state index contributed by atoms with van der Waals surface area (Å²) in [7, 11) is 0. The largest absolute Gasteiger partial charge is 0.350 e. The zero-order chi connectivity index (χ0) is 16.9. The second-order valence-electron chi connectivity index (χ2n) is 6.60. The maximum Gasteiger partial charge on any atom is 0.350 e. The Morgan fingerprint density at radius 1 is 1.12 bits per heavy atom. The van der Waals surface area contributed by atoms with E-state index in [9.17, 15) is 0 Å². The third kappa shape index (κ3) is 4.31. The Hall–Kier alpha value is -2.43. The molecule has 5 nitrogen and oxygen atoms in total. The number of guanidine groups is 1. The van der Waals surface area contributed by atoms with Crippen LogP contribution in [0.2, 0.25) is 0 Å². The molecule has 1 fully saturated rings. The van der Waals surface area contributed by atoms with Gasteiger partial charge in [0.2, 0.25) is 0 Å². The molecule has 24 heavy (non-hydrogen) atoms. The van der Waals surface area contributed by atoms with E-state index in [1.165, 1.54) is 5.56 Å². The maximum atomic E-state index is 6.23. The molecule has 1 aromatic carbocycles. The van der Waals surface area contributed by atoms with Crippen LogP contribution in [0.15, 0.2) is 36.4 Å². The highest BCUT2D eigenvalue weighted by Crippen LogP contribution is 2.19. The fourth-order valence-electron chi connectivity index (χ4n) is 3.30. The molecule has 2 aromatic rings. The van der Waals surface area contributed by atoms with E-state index < -0.39 is 0 Å². The average molecular weight is 324 g/mol. The normalized spacial score (nSPS) is 17.6. The highest BCUT2D eigenvalue weighted by molar-refractivity contribution is 5.86. The van der Waals surface area contributed by atoms with Crippen molar-refractivity contribution in [1.29, 1.82) is 0 Å². The Morgan fingerprint density at radius 3 is 2.38 bits per heavy atom. The smallest absolute Gasteiger partial charge is 0.290 e. The quantitative estimate of drug-likeness (QED) is 0.672. The Labute approximate surface area is 143 Å². The zero-order valence-electron chi connectivity index (χ0n) is 14.5. The number of anilines is 1. The molecule has 0 amide bonds. The predicted molar refractivity (Wildman–Crippen MR) is 97.2 cm³/mol. The molecule has 1 saturated heterocycles. The van der Waals surface area contributed by atoms with Gasteiger partial charge in [-0.2, -0.15) is 0 Å². The Balaban J connectivity index is 1.59. The van der Waals surface area contributed by atoms with Gasteiger partial charge in [-0.1, -0.05) is 30.3 Å². The zero-order valence-corrected chi connectivity index (χ0v) is 14.5. The number of piperidine rings is 1. The number of benzene rings is 1. The van der Waals surface area contributed by atoms with Gasteiger partial charge in [-0.3, -0.25) is 10.3 Å². The van der Waals surface area contributed by atoms with Crippen molar-refractivity contribution in [1.82, 2.24) is 9.97 Å². The summed E-state index contributed by atoms with van der Waals surface area (Å²) >= 11 is 0. The average Bonchev–Trinajstić information content (AvgIpc) is 2.55. The van der Waals surface area contributed by atoms with Crippen molar-refractivity contribution in [3.63, 3.8) is 0 Å². The van der Waals surface area contributed by atoms with Crippen molar-refractivity contribution in [2.45, 2.75) is 33.1 Å². The molecule has 0 saturated carbocycles. The van der Waals surface area contributed by atoms with Gasteiger partial charge in [0.25, 0.3) is 5.95 Å². The molecule has 3 N–H and O–H groups in total. The number of aromatic nitrogens is 2. The fraction of sp³-hybridized carbons (Fsp3) is 0.421. The number of aryl methyl sites for hydroxylation is 2. The summed E-state index contributed by atoms with van der Waals surface area (Å²) in [6.45, 7) is 5.87. The lowest BCUT2D eigenvalue weighted by molar-refractivity contribution is -0.541.